The third kappa shape index (κ3) is 5.71. The maximum atomic E-state index is 13.2. The van der Waals surface area contributed by atoms with Gasteiger partial charge in [0.25, 0.3) is 10.0 Å². The number of carbonyl (C=O) groups excluding carboxylic acids is 1. The number of anilines is 1. The lowest BCUT2D eigenvalue weighted by atomic mass is 10.2. The minimum Gasteiger partial charge on any atom is -0.497 e. The minimum absolute atomic E-state index is 0.134. The van der Waals surface area contributed by atoms with Crippen LogP contribution in [0.25, 0.3) is 0 Å². The second kappa shape index (κ2) is 9.57. The van der Waals surface area contributed by atoms with E-state index in [-0.39, 0.29) is 17.3 Å². The Morgan fingerprint density at radius 1 is 1.04 bits per heavy atom. The van der Waals surface area contributed by atoms with Gasteiger partial charge in [-0.3, -0.25) is 9.10 Å². The number of carbonyl (C=O) groups is 1. The van der Waals surface area contributed by atoms with Crippen LogP contribution in [0.2, 0.25) is 0 Å². The van der Waals surface area contributed by atoms with E-state index in [1.54, 1.807) is 48.5 Å². The Morgan fingerprint density at radius 2 is 1.64 bits per heavy atom. The number of rotatable bonds is 9. The van der Waals surface area contributed by atoms with Crippen LogP contribution in [0.3, 0.4) is 0 Å². The molecule has 1 N–H and O–H groups in total. The molecule has 0 aliphatic heterocycles. The zero-order valence-corrected chi connectivity index (χ0v) is 17.5. The van der Waals surface area contributed by atoms with Gasteiger partial charge in [-0.05, 0) is 57.4 Å². The van der Waals surface area contributed by atoms with Crippen molar-refractivity contribution in [2.75, 3.05) is 45.1 Å². The lowest BCUT2D eigenvalue weighted by Crippen LogP contribution is -2.42. The second-order valence-corrected chi connectivity index (χ2v) is 8.54. The third-order valence-corrected chi connectivity index (χ3v) is 5.93. The highest BCUT2D eigenvalue weighted by Crippen LogP contribution is 2.25. The molecule has 0 fully saturated rings. The molecule has 0 saturated carbocycles. The van der Waals surface area contributed by atoms with E-state index in [4.69, 9.17) is 4.74 Å². The summed E-state index contributed by atoms with van der Waals surface area (Å²) in [5.74, 6) is 0.236. The fourth-order valence-electron chi connectivity index (χ4n) is 2.51. The molecule has 2 aromatic rings. The Balaban J connectivity index is 2.32. The lowest BCUT2D eigenvalue weighted by molar-refractivity contribution is -0.119. The van der Waals surface area contributed by atoms with E-state index in [1.165, 1.54) is 7.11 Å². The zero-order chi connectivity index (χ0) is 20.7. The average Bonchev–Trinajstić information content (AvgIpc) is 2.66. The highest BCUT2D eigenvalue weighted by atomic mass is 32.2. The summed E-state index contributed by atoms with van der Waals surface area (Å²) < 4.78 is 32.7. The van der Waals surface area contributed by atoms with Crippen molar-refractivity contribution in [2.24, 2.45) is 0 Å². The molecule has 0 heterocycles. The summed E-state index contributed by atoms with van der Waals surface area (Å²) in [6.07, 6.45) is 0. The Hall–Kier alpha value is -2.58. The van der Waals surface area contributed by atoms with Crippen LogP contribution in [-0.2, 0) is 14.8 Å². The molecule has 1 amide bonds. The van der Waals surface area contributed by atoms with Crippen LogP contribution in [0, 0.1) is 6.92 Å². The van der Waals surface area contributed by atoms with Crippen LogP contribution in [0.15, 0.2) is 53.4 Å². The Kier molecular flexibility index (Phi) is 7.42. The summed E-state index contributed by atoms with van der Waals surface area (Å²) in [4.78, 5) is 14.5. The summed E-state index contributed by atoms with van der Waals surface area (Å²) >= 11 is 0. The molecular formula is C20H27N3O4S. The van der Waals surface area contributed by atoms with Gasteiger partial charge in [-0.15, -0.1) is 0 Å². The quantitative estimate of drug-likeness (QED) is 0.689. The number of methoxy groups -OCH3 is 1. The molecule has 8 heteroatoms. The SMILES string of the molecule is COc1ccc(N(CC(=O)NCCN(C)C)S(=O)(=O)c2ccc(C)cc2)cc1. The molecule has 0 radical (unpaired) electrons. The molecule has 0 atom stereocenters. The van der Waals surface area contributed by atoms with Gasteiger partial charge in [-0.1, -0.05) is 17.7 Å². The highest BCUT2D eigenvalue weighted by Gasteiger charge is 2.27. The molecule has 0 spiro atoms. The predicted octanol–water partition coefficient (Wildman–Crippen LogP) is 1.88. The van der Waals surface area contributed by atoms with E-state index in [2.05, 4.69) is 5.32 Å². The van der Waals surface area contributed by atoms with Gasteiger partial charge in [0.2, 0.25) is 5.91 Å². The fraction of sp³-hybridized carbons (Fsp3) is 0.350. The predicted molar refractivity (Wildman–Crippen MR) is 110 cm³/mol. The molecule has 0 aliphatic rings. The zero-order valence-electron chi connectivity index (χ0n) is 16.7. The van der Waals surface area contributed by atoms with E-state index >= 15 is 0 Å². The number of nitrogens with zero attached hydrogens (tertiary/aromatic N) is 2. The van der Waals surface area contributed by atoms with Crippen molar-refractivity contribution in [3.63, 3.8) is 0 Å². The van der Waals surface area contributed by atoms with Gasteiger partial charge in [0.05, 0.1) is 17.7 Å². The first-order valence-electron chi connectivity index (χ1n) is 8.89. The van der Waals surface area contributed by atoms with Gasteiger partial charge in [0, 0.05) is 13.1 Å². The molecule has 2 aromatic carbocycles. The lowest BCUT2D eigenvalue weighted by Gasteiger charge is -2.24. The van der Waals surface area contributed by atoms with Crippen molar-refractivity contribution >= 4 is 21.6 Å². The summed E-state index contributed by atoms with van der Waals surface area (Å²) in [7, 11) is 1.43. The number of aryl methyl sites for hydroxylation is 1. The molecule has 152 valence electrons. The molecule has 7 nitrogen and oxygen atoms in total. The maximum absolute atomic E-state index is 13.2. The summed E-state index contributed by atoms with van der Waals surface area (Å²) in [5.41, 5.74) is 1.35. The van der Waals surface area contributed by atoms with E-state index in [1.807, 2.05) is 25.9 Å². The van der Waals surface area contributed by atoms with Gasteiger partial charge < -0.3 is 15.0 Å². The average molecular weight is 406 g/mol. The highest BCUT2D eigenvalue weighted by molar-refractivity contribution is 7.92. The van der Waals surface area contributed by atoms with E-state index in [9.17, 15) is 13.2 Å². The fourth-order valence-corrected chi connectivity index (χ4v) is 3.93. The summed E-state index contributed by atoms with van der Waals surface area (Å²) in [5, 5.41) is 2.76. The van der Waals surface area contributed by atoms with Crippen LogP contribution in [0.5, 0.6) is 5.75 Å². The molecule has 0 aliphatic carbocycles. The maximum Gasteiger partial charge on any atom is 0.264 e. The van der Waals surface area contributed by atoms with Crippen molar-refractivity contribution in [3.8, 4) is 5.75 Å². The van der Waals surface area contributed by atoms with Gasteiger partial charge in [-0.25, -0.2) is 8.42 Å². The first-order chi connectivity index (χ1) is 13.2. The number of likely N-dealkylation sites (N-methyl/N-ethyl adjacent to an activating group) is 1. The number of ether oxygens (including phenoxy) is 1. The van der Waals surface area contributed by atoms with Gasteiger partial charge in [-0.2, -0.15) is 0 Å². The number of amides is 1. The van der Waals surface area contributed by atoms with Crippen LogP contribution in [0.4, 0.5) is 5.69 Å². The topological polar surface area (TPSA) is 79.0 Å². The van der Waals surface area contributed by atoms with Crippen LogP contribution in [-0.4, -0.2) is 60.1 Å². The molecule has 2 rings (SSSR count). The Labute approximate surface area is 167 Å². The first-order valence-corrected chi connectivity index (χ1v) is 10.3. The molecular weight excluding hydrogens is 378 g/mol. The number of sulfonamides is 1. The number of hydrogen-bond acceptors (Lipinski definition) is 5. The molecule has 0 bridgehead atoms. The number of hydrogen-bond donors (Lipinski definition) is 1. The van der Waals surface area contributed by atoms with E-state index in [0.717, 1.165) is 9.87 Å². The molecule has 0 aromatic heterocycles. The van der Waals surface area contributed by atoms with Crippen molar-refractivity contribution in [1.82, 2.24) is 10.2 Å². The van der Waals surface area contributed by atoms with E-state index < -0.39 is 10.0 Å². The van der Waals surface area contributed by atoms with E-state index in [0.29, 0.717) is 24.5 Å². The van der Waals surface area contributed by atoms with Crippen LogP contribution >= 0.6 is 0 Å². The van der Waals surface area contributed by atoms with Crippen LogP contribution < -0.4 is 14.4 Å². The number of benzene rings is 2. The summed E-state index contributed by atoms with van der Waals surface area (Å²) in [6, 6.07) is 13.1. The first kappa shape index (κ1) is 21.7. The minimum atomic E-state index is -3.91. The van der Waals surface area contributed by atoms with Crippen LogP contribution in [0.1, 0.15) is 5.56 Å². The van der Waals surface area contributed by atoms with Gasteiger partial charge >= 0.3 is 0 Å². The monoisotopic (exact) mass is 405 g/mol. The number of nitrogens with one attached hydrogen (secondary N) is 1. The smallest absolute Gasteiger partial charge is 0.264 e. The van der Waals surface area contributed by atoms with Crippen molar-refractivity contribution in [1.29, 1.82) is 0 Å². The summed E-state index contributed by atoms with van der Waals surface area (Å²) in [6.45, 7) is 2.68. The van der Waals surface area contributed by atoms with Crippen molar-refractivity contribution in [2.45, 2.75) is 11.8 Å². The van der Waals surface area contributed by atoms with Gasteiger partial charge in [0.1, 0.15) is 12.3 Å². The Bertz CT molecular complexity index is 879. The standard InChI is InChI=1S/C20H27N3O4S/c1-16-5-11-19(12-6-16)28(25,26)23(15-20(24)21-13-14-22(2)3)17-7-9-18(27-4)10-8-17/h5-12H,13-15H2,1-4H3,(H,21,24). The van der Waals surface area contributed by atoms with Gasteiger partial charge in [0.15, 0.2) is 0 Å². The largest absolute Gasteiger partial charge is 0.497 e. The molecule has 0 unspecified atom stereocenters. The molecule has 0 saturated heterocycles. The van der Waals surface area contributed by atoms with Crippen molar-refractivity contribution < 1.29 is 17.9 Å². The Morgan fingerprint density at radius 3 is 2.18 bits per heavy atom. The normalized spacial score (nSPS) is 11.3. The molecule has 28 heavy (non-hydrogen) atoms. The third-order valence-electron chi connectivity index (χ3n) is 4.14. The van der Waals surface area contributed by atoms with Crippen molar-refractivity contribution in [3.05, 3.63) is 54.1 Å². The second-order valence-electron chi connectivity index (χ2n) is 6.68.